The average Bonchev–Trinajstić information content (AvgIpc) is 3.15. The van der Waals surface area contributed by atoms with Crippen molar-refractivity contribution in [2.75, 3.05) is 68.9 Å². The molecule has 0 unspecified atom stereocenters. The van der Waals surface area contributed by atoms with Crippen LogP contribution in [0, 0.1) is 0 Å². The molecule has 11 heteroatoms. The summed E-state index contributed by atoms with van der Waals surface area (Å²) in [6, 6.07) is 10.2. The van der Waals surface area contributed by atoms with Crippen LogP contribution in [0.15, 0.2) is 42.7 Å². The Hall–Kier alpha value is -2.86. The molecule has 5 rings (SSSR count). The number of nitrogens with one attached hydrogen (secondary N) is 2. The number of hydrogen-bond donors (Lipinski definition) is 2. The maximum absolute atomic E-state index is 11.9. The zero-order valence-electron chi connectivity index (χ0n) is 19.9. The molecule has 0 radical (unpaired) electrons. The Balaban J connectivity index is 1.35. The number of ether oxygens (including phenoxy) is 1. The van der Waals surface area contributed by atoms with Gasteiger partial charge in [-0.3, -0.25) is 4.98 Å². The van der Waals surface area contributed by atoms with E-state index in [1.54, 1.807) is 16.7 Å². The molecule has 1 aromatic carbocycles. The second-order valence-corrected chi connectivity index (χ2v) is 10.9. The monoisotopic (exact) mass is 497 g/mol. The lowest BCUT2D eigenvalue weighted by molar-refractivity contribution is 0.0372. The third-order valence-electron chi connectivity index (χ3n) is 6.41. The topological polar surface area (TPSA) is 113 Å². The minimum Gasteiger partial charge on any atom is -0.374 e. The minimum absolute atomic E-state index is 0.0763. The number of benzene rings is 1. The van der Waals surface area contributed by atoms with Crippen LogP contribution in [0.1, 0.15) is 6.42 Å². The van der Waals surface area contributed by atoms with E-state index < -0.39 is 10.0 Å². The van der Waals surface area contributed by atoms with E-state index in [4.69, 9.17) is 9.72 Å². The van der Waals surface area contributed by atoms with Crippen molar-refractivity contribution in [1.82, 2.24) is 24.6 Å². The van der Waals surface area contributed by atoms with Crippen molar-refractivity contribution < 1.29 is 13.2 Å². The Bertz CT molecular complexity index is 1260. The first-order valence-corrected chi connectivity index (χ1v) is 13.8. The van der Waals surface area contributed by atoms with Gasteiger partial charge in [0.25, 0.3) is 0 Å². The molecule has 3 aromatic rings. The van der Waals surface area contributed by atoms with Crippen LogP contribution in [-0.4, -0.2) is 92.5 Å². The van der Waals surface area contributed by atoms with Crippen LogP contribution >= 0.6 is 0 Å². The molecule has 2 aliphatic rings. The molecule has 2 fully saturated rings. The van der Waals surface area contributed by atoms with E-state index >= 15 is 0 Å². The first kappa shape index (κ1) is 23.9. The number of nitrogens with zero attached hydrogens (tertiary/aromatic N) is 5. The molecular weight excluding hydrogens is 466 g/mol. The predicted octanol–water partition coefficient (Wildman–Crippen LogP) is 1.56. The lowest BCUT2D eigenvalue weighted by Crippen LogP contribution is -2.42. The quantitative estimate of drug-likeness (QED) is 0.524. The fourth-order valence-corrected chi connectivity index (χ4v) is 5.41. The number of hydrogen-bond acceptors (Lipinski definition) is 9. The first-order chi connectivity index (χ1) is 17.0. The Kier molecular flexibility index (Phi) is 7.09. The highest BCUT2D eigenvalue weighted by molar-refractivity contribution is 7.88. The molecule has 0 bridgehead atoms. The molecule has 0 amide bonds. The molecule has 2 saturated heterocycles. The molecular formula is C24H31N7O3S. The Morgan fingerprint density at radius 1 is 1.11 bits per heavy atom. The third kappa shape index (κ3) is 5.69. The summed E-state index contributed by atoms with van der Waals surface area (Å²) in [6.45, 7) is 5.57. The average molecular weight is 498 g/mol. The Labute approximate surface area is 205 Å². The molecule has 4 heterocycles. The predicted molar refractivity (Wildman–Crippen MR) is 137 cm³/mol. The summed E-state index contributed by atoms with van der Waals surface area (Å²) in [5.74, 6) is 0.692. The van der Waals surface area contributed by atoms with Crippen molar-refractivity contribution in [3.05, 3.63) is 42.7 Å². The molecule has 35 heavy (non-hydrogen) atoms. The summed E-state index contributed by atoms with van der Waals surface area (Å²) in [4.78, 5) is 16.1. The fraction of sp³-hybridized carbons (Fsp3) is 0.458. The van der Waals surface area contributed by atoms with E-state index in [2.05, 4.69) is 49.8 Å². The van der Waals surface area contributed by atoms with Crippen LogP contribution in [0.3, 0.4) is 0 Å². The molecule has 2 N–H and O–H groups in total. The summed E-state index contributed by atoms with van der Waals surface area (Å²) in [6.07, 6.45) is 5.52. The van der Waals surface area contributed by atoms with Crippen molar-refractivity contribution >= 4 is 32.6 Å². The molecule has 2 aromatic heterocycles. The standard InChI is InChI=1S/C24H31N7O3S/c1-35(32,33)31-11-2-10-30(12-13-31)19-5-3-18(4-6-19)21-15-22-23(27-8-7-26-22)24(29-21)28-17-20-16-25-9-14-34-20/h3-8,15,20,25H,2,9-14,16-17H2,1H3,(H,28,29)/t20-/m0/s1. The second kappa shape index (κ2) is 10.4. The highest BCUT2D eigenvalue weighted by atomic mass is 32.2. The van der Waals surface area contributed by atoms with E-state index in [-0.39, 0.29) is 6.10 Å². The van der Waals surface area contributed by atoms with Crippen molar-refractivity contribution in [2.45, 2.75) is 12.5 Å². The minimum atomic E-state index is -3.16. The van der Waals surface area contributed by atoms with E-state index in [9.17, 15) is 8.42 Å². The van der Waals surface area contributed by atoms with Gasteiger partial charge >= 0.3 is 0 Å². The van der Waals surface area contributed by atoms with Gasteiger partial charge in [0.1, 0.15) is 5.52 Å². The molecule has 0 saturated carbocycles. The zero-order valence-corrected chi connectivity index (χ0v) is 20.7. The van der Waals surface area contributed by atoms with Gasteiger partial charge in [0, 0.05) is 69.5 Å². The summed E-state index contributed by atoms with van der Waals surface area (Å²) in [5.41, 5.74) is 4.38. The first-order valence-electron chi connectivity index (χ1n) is 12.0. The van der Waals surface area contributed by atoms with Crippen LogP contribution in [0.4, 0.5) is 11.5 Å². The number of rotatable bonds is 6. The summed E-state index contributed by atoms with van der Waals surface area (Å²) >= 11 is 0. The van der Waals surface area contributed by atoms with Crippen LogP contribution < -0.4 is 15.5 Å². The number of pyridine rings is 1. The van der Waals surface area contributed by atoms with E-state index in [1.165, 1.54) is 6.26 Å². The van der Waals surface area contributed by atoms with E-state index in [0.717, 1.165) is 54.0 Å². The summed E-state index contributed by atoms with van der Waals surface area (Å²) in [7, 11) is -3.16. The molecule has 1 atom stereocenters. The van der Waals surface area contributed by atoms with E-state index in [0.29, 0.717) is 38.6 Å². The van der Waals surface area contributed by atoms with Gasteiger partial charge in [0.15, 0.2) is 5.82 Å². The Morgan fingerprint density at radius 2 is 1.94 bits per heavy atom. The van der Waals surface area contributed by atoms with Crippen LogP contribution in [0.2, 0.25) is 0 Å². The lowest BCUT2D eigenvalue weighted by atomic mass is 10.1. The van der Waals surface area contributed by atoms with Crippen molar-refractivity contribution in [1.29, 1.82) is 0 Å². The summed E-state index contributed by atoms with van der Waals surface area (Å²) < 4.78 is 31.2. The van der Waals surface area contributed by atoms with Gasteiger partial charge in [-0.05, 0) is 24.6 Å². The van der Waals surface area contributed by atoms with Gasteiger partial charge in [-0.25, -0.2) is 22.7 Å². The van der Waals surface area contributed by atoms with Crippen LogP contribution in [0.5, 0.6) is 0 Å². The van der Waals surface area contributed by atoms with Gasteiger partial charge in [0.2, 0.25) is 10.0 Å². The maximum Gasteiger partial charge on any atom is 0.211 e. The van der Waals surface area contributed by atoms with E-state index in [1.807, 2.05) is 6.07 Å². The van der Waals surface area contributed by atoms with Gasteiger partial charge < -0.3 is 20.3 Å². The normalized spacial score (nSPS) is 20.0. The Morgan fingerprint density at radius 3 is 2.71 bits per heavy atom. The smallest absolute Gasteiger partial charge is 0.211 e. The van der Waals surface area contributed by atoms with Crippen LogP contribution in [-0.2, 0) is 14.8 Å². The molecule has 10 nitrogen and oxygen atoms in total. The number of sulfonamides is 1. The molecule has 2 aliphatic heterocycles. The number of fused-ring (bicyclic) bond motifs is 1. The number of morpholine rings is 1. The van der Waals surface area contributed by atoms with Crippen molar-refractivity contribution in [3.63, 3.8) is 0 Å². The third-order valence-corrected chi connectivity index (χ3v) is 7.71. The molecule has 0 aliphatic carbocycles. The van der Waals surface area contributed by atoms with Gasteiger partial charge in [-0.1, -0.05) is 12.1 Å². The van der Waals surface area contributed by atoms with Gasteiger partial charge in [0.05, 0.1) is 30.2 Å². The number of aromatic nitrogens is 3. The highest BCUT2D eigenvalue weighted by Gasteiger charge is 2.21. The fourth-order valence-electron chi connectivity index (χ4n) is 4.53. The summed E-state index contributed by atoms with van der Waals surface area (Å²) in [5, 5.41) is 6.75. The highest BCUT2D eigenvalue weighted by Crippen LogP contribution is 2.27. The van der Waals surface area contributed by atoms with Crippen LogP contribution in [0.25, 0.3) is 22.3 Å². The zero-order chi connectivity index (χ0) is 24.3. The number of anilines is 2. The molecule has 186 valence electrons. The SMILES string of the molecule is CS(=O)(=O)N1CCCN(c2ccc(-c3cc4nccnc4c(NC[C@@H]4CNCCO4)n3)cc2)CC1. The van der Waals surface area contributed by atoms with Gasteiger partial charge in [-0.15, -0.1) is 0 Å². The van der Waals surface area contributed by atoms with Crippen molar-refractivity contribution in [3.8, 4) is 11.3 Å². The maximum atomic E-state index is 11.9. The molecule has 0 spiro atoms. The largest absolute Gasteiger partial charge is 0.374 e. The van der Waals surface area contributed by atoms with Crippen molar-refractivity contribution in [2.24, 2.45) is 0 Å². The lowest BCUT2D eigenvalue weighted by Gasteiger charge is -2.24. The second-order valence-electron chi connectivity index (χ2n) is 8.91. The van der Waals surface area contributed by atoms with Gasteiger partial charge in [-0.2, -0.15) is 0 Å².